The fraction of sp³-hybridized carbons (Fsp3) is 0. The van der Waals surface area contributed by atoms with Gasteiger partial charge >= 0.3 is 0 Å². The third-order valence-corrected chi connectivity index (χ3v) is 11.5. The Bertz CT molecular complexity index is 3140. The average molecular weight is 740 g/mol. The van der Waals surface area contributed by atoms with Crippen LogP contribution in [0, 0.1) is 0 Å². The molecule has 11 rings (SSSR count). The molecule has 11 aromatic rings. The van der Waals surface area contributed by atoms with E-state index in [2.05, 4.69) is 229 Å². The Labute approximate surface area is 337 Å². The number of fused-ring (bicyclic) bond motifs is 8. The Hall–Kier alpha value is -7.68. The smallest absolute Gasteiger partial charge is 0.145 e. The van der Waals surface area contributed by atoms with Crippen LogP contribution in [0.3, 0.4) is 0 Å². The molecule has 0 N–H and O–H groups in total. The molecule has 2 nitrogen and oxygen atoms in total. The minimum absolute atomic E-state index is 0.869. The lowest BCUT2D eigenvalue weighted by Gasteiger charge is -2.27. The van der Waals surface area contributed by atoms with Crippen LogP contribution in [-0.2, 0) is 0 Å². The molecule has 0 saturated heterocycles. The van der Waals surface area contributed by atoms with E-state index >= 15 is 0 Å². The second-order valence-electron chi connectivity index (χ2n) is 14.8. The molecule has 0 radical (unpaired) electrons. The first kappa shape index (κ1) is 33.6. The van der Waals surface area contributed by atoms with Crippen molar-refractivity contribution in [3.8, 4) is 44.5 Å². The van der Waals surface area contributed by atoms with Gasteiger partial charge in [0.05, 0.1) is 11.1 Å². The third kappa shape index (κ3) is 5.74. The molecule has 1 heterocycles. The predicted molar refractivity (Wildman–Crippen MR) is 245 cm³/mol. The van der Waals surface area contributed by atoms with Gasteiger partial charge in [-0.1, -0.05) is 188 Å². The number of furan rings is 1. The van der Waals surface area contributed by atoms with Crippen LogP contribution in [0.5, 0.6) is 0 Å². The van der Waals surface area contributed by atoms with Gasteiger partial charge in [-0.2, -0.15) is 0 Å². The highest BCUT2D eigenvalue weighted by Gasteiger charge is 2.25. The normalized spacial score (nSPS) is 11.4. The van der Waals surface area contributed by atoms with Crippen molar-refractivity contribution in [1.29, 1.82) is 0 Å². The summed E-state index contributed by atoms with van der Waals surface area (Å²) in [5, 5.41) is 6.88. The van der Waals surface area contributed by atoms with Crippen LogP contribution in [0.4, 0.5) is 17.1 Å². The van der Waals surface area contributed by atoms with Crippen molar-refractivity contribution in [2.24, 2.45) is 0 Å². The second kappa shape index (κ2) is 14.1. The van der Waals surface area contributed by atoms with Crippen LogP contribution in [-0.4, -0.2) is 0 Å². The molecular formula is C56H37NO. The van der Waals surface area contributed by atoms with Crippen molar-refractivity contribution >= 4 is 60.5 Å². The fourth-order valence-corrected chi connectivity index (χ4v) is 8.67. The van der Waals surface area contributed by atoms with Crippen LogP contribution >= 0.6 is 0 Å². The lowest BCUT2D eigenvalue weighted by atomic mass is 9.94. The molecule has 0 aliphatic carbocycles. The van der Waals surface area contributed by atoms with Gasteiger partial charge < -0.3 is 9.32 Å². The molecule has 272 valence electrons. The van der Waals surface area contributed by atoms with Gasteiger partial charge in [-0.3, -0.25) is 0 Å². The van der Waals surface area contributed by atoms with E-state index in [-0.39, 0.29) is 0 Å². The Morgan fingerprint density at radius 1 is 0.259 bits per heavy atom. The number of benzene rings is 10. The van der Waals surface area contributed by atoms with Crippen molar-refractivity contribution in [1.82, 2.24) is 0 Å². The number of hydrogen-bond donors (Lipinski definition) is 0. The maximum Gasteiger partial charge on any atom is 0.145 e. The van der Waals surface area contributed by atoms with Gasteiger partial charge in [0.2, 0.25) is 0 Å². The van der Waals surface area contributed by atoms with Gasteiger partial charge in [0.15, 0.2) is 0 Å². The molecule has 58 heavy (non-hydrogen) atoms. The summed E-state index contributed by atoms with van der Waals surface area (Å²) in [7, 11) is 0. The minimum Gasteiger partial charge on any atom is -0.455 e. The van der Waals surface area contributed by atoms with E-state index in [1.165, 1.54) is 49.5 Å². The van der Waals surface area contributed by atoms with Crippen molar-refractivity contribution in [3.63, 3.8) is 0 Å². The fourth-order valence-electron chi connectivity index (χ4n) is 8.67. The van der Waals surface area contributed by atoms with Crippen LogP contribution in [0.2, 0.25) is 0 Å². The highest BCUT2D eigenvalue weighted by Crippen LogP contribution is 2.50. The maximum atomic E-state index is 7.26. The largest absolute Gasteiger partial charge is 0.455 e. The molecule has 0 saturated carbocycles. The van der Waals surface area contributed by atoms with E-state index in [1.54, 1.807) is 0 Å². The number of hydrogen-bond acceptors (Lipinski definition) is 2. The van der Waals surface area contributed by atoms with E-state index in [1.807, 2.05) is 0 Å². The zero-order chi connectivity index (χ0) is 38.4. The molecule has 0 aliphatic heterocycles. The van der Waals surface area contributed by atoms with Crippen LogP contribution in [0.15, 0.2) is 229 Å². The molecular weight excluding hydrogens is 703 g/mol. The summed E-state index contributed by atoms with van der Waals surface area (Å²) in [6.07, 6.45) is 0. The Balaban J connectivity index is 1.19. The zero-order valence-corrected chi connectivity index (χ0v) is 31.7. The molecule has 0 atom stereocenters. The summed E-state index contributed by atoms with van der Waals surface area (Å²) in [5.74, 6) is 0. The topological polar surface area (TPSA) is 16.4 Å². The molecule has 1 aromatic heterocycles. The summed E-state index contributed by atoms with van der Waals surface area (Å²) in [6, 6.07) is 80.4. The van der Waals surface area contributed by atoms with Gasteiger partial charge in [-0.15, -0.1) is 0 Å². The summed E-state index contributed by atoms with van der Waals surface area (Å²) < 4.78 is 7.26. The Kier molecular flexibility index (Phi) is 8.19. The van der Waals surface area contributed by atoms with E-state index < -0.39 is 0 Å². The monoisotopic (exact) mass is 739 g/mol. The number of nitrogens with zero attached hydrogens (tertiary/aromatic N) is 1. The minimum atomic E-state index is 0.869. The molecule has 0 unspecified atom stereocenters. The van der Waals surface area contributed by atoms with Gasteiger partial charge in [0, 0.05) is 27.7 Å². The van der Waals surface area contributed by atoms with E-state index in [0.717, 1.165) is 55.5 Å². The van der Waals surface area contributed by atoms with E-state index in [9.17, 15) is 0 Å². The number of rotatable bonds is 7. The molecule has 10 aromatic carbocycles. The molecule has 0 aliphatic rings. The molecule has 2 heteroatoms. The standard InChI is InChI=1S/C56H37NO/c1-4-14-38(15-5-1)41-24-26-44(27-25-41)47-36-37-52(54-53-50-22-12-10-20-48(50)49-21-11-13-23-51(49)56(53)58-55(47)54)57(45-32-28-42(29-33-45)39-16-6-2-7-17-39)46-34-30-43(31-35-46)40-18-8-3-9-19-40/h1-37H. The van der Waals surface area contributed by atoms with Crippen molar-refractivity contribution in [2.75, 3.05) is 4.90 Å². The van der Waals surface area contributed by atoms with Gasteiger partial charge in [-0.25, -0.2) is 0 Å². The first-order valence-electron chi connectivity index (χ1n) is 19.8. The quantitative estimate of drug-likeness (QED) is 0.151. The molecule has 0 bridgehead atoms. The van der Waals surface area contributed by atoms with Gasteiger partial charge in [0.1, 0.15) is 11.2 Å². The predicted octanol–water partition coefficient (Wildman–Crippen LogP) is 16.0. The lowest BCUT2D eigenvalue weighted by molar-refractivity contribution is 0.674. The zero-order valence-electron chi connectivity index (χ0n) is 31.7. The molecule has 0 spiro atoms. The van der Waals surface area contributed by atoms with Crippen LogP contribution < -0.4 is 4.90 Å². The Morgan fingerprint density at radius 3 is 1.14 bits per heavy atom. The molecule has 0 fully saturated rings. The summed E-state index contributed by atoms with van der Waals surface area (Å²) in [4.78, 5) is 2.40. The van der Waals surface area contributed by atoms with Gasteiger partial charge in [-0.05, 0) is 91.5 Å². The van der Waals surface area contributed by atoms with Gasteiger partial charge in [0.25, 0.3) is 0 Å². The summed E-state index contributed by atoms with van der Waals surface area (Å²) in [5.41, 5.74) is 14.2. The summed E-state index contributed by atoms with van der Waals surface area (Å²) in [6.45, 7) is 0. The third-order valence-electron chi connectivity index (χ3n) is 11.5. The highest BCUT2D eigenvalue weighted by atomic mass is 16.3. The number of anilines is 3. The SMILES string of the molecule is c1ccc(-c2ccc(-c3ccc(N(c4ccc(-c5ccccc5)cc4)c4ccc(-c5ccccc5)cc4)c4c3oc3c5ccccc5c5ccccc5c34)cc2)cc1. The van der Waals surface area contributed by atoms with E-state index in [4.69, 9.17) is 4.42 Å². The average Bonchev–Trinajstić information content (AvgIpc) is 3.72. The van der Waals surface area contributed by atoms with Crippen molar-refractivity contribution in [2.45, 2.75) is 0 Å². The first-order chi connectivity index (χ1) is 28.8. The van der Waals surface area contributed by atoms with E-state index in [0.29, 0.717) is 0 Å². The second-order valence-corrected chi connectivity index (χ2v) is 14.8. The van der Waals surface area contributed by atoms with Crippen molar-refractivity contribution in [3.05, 3.63) is 224 Å². The maximum absolute atomic E-state index is 7.26. The summed E-state index contributed by atoms with van der Waals surface area (Å²) >= 11 is 0. The first-order valence-corrected chi connectivity index (χ1v) is 19.8. The highest BCUT2D eigenvalue weighted by molar-refractivity contribution is 6.33. The molecule has 0 amide bonds. The Morgan fingerprint density at radius 2 is 0.638 bits per heavy atom. The lowest BCUT2D eigenvalue weighted by Crippen LogP contribution is -2.10. The van der Waals surface area contributed by atoms with Crippen LogP contribution in [0.25, 0.3) is 88.0 Å². The van der Waals surface area contributed by atoms with Crippen molar-refractivity contribution < 1.29 is 4.42 Å². The van der Waals surface area contributed by atoms with Crippen LogP contribution in [0.1, 0.15) is 0 Å².